The van der Waals surface area contributed by atoms with Crippen molar-refractivity contribution in [1.82, 2.24) is 0 Å². The highest BCUT2D eigenvalue weighted by Gasteiger charge is 2.31. The average molecular weight is 182 g/mol. The Morgan fingerprint density at radius 3 is 2.69 bits per heavy atom. The van der Waals surface area contributed by atoms with Gasteiger partial charge in [0.25, 0.3) is 0 Å². The first-order chi connectivity index (χ1) is 6.05. The van der Waals surface area contributed by atoms with E-state index in [1.54, 1.807) is 13.8 Å². The highest BCUT2D eigenvalue weighted by molar-refractivity contribution is 5.77. The van der Waals surface area contributed by atoms with E-state index >= 15 is 0 Å². The highest BCUT2D eigenvalue weighted by atomic mass is 16.4. The normalized spacial score (nSPS) is 19.1. The van der Waals surface area contributed by atoms with Crippen LogP contribution in [0.15, 0.2) is 11.6 Å². The van der Waals surface area contributed by atoms with Gasteiger partial charge in [-0.15, -0.1) is 0 Å². The number of carboxylic acids is 1. The summed E-state index contributed by atoms with van der Waals surface area (Å²) in [5.74, 6) is -0.708. The van der Waals surface area contributed by atoms with Gasteiger partial charge in [0.2, 0.25) is 0 Å². The number of allylic oxidation sites excluding steroid dienone is 1. The Kier molecular flexibility index (Phi) is 3.12. The molecule has 0 unspecified atom stereocenters. The monoisotopic (exact) mass is 182 g/mol. The Morgan fingerprint density at radius 2 is 2.08 bits per heavy atom. The molecular formula is C11H18O2. The van der Waals surface area contributed by atoms with Crippen molar-refractivity contribution < 1.29 is 9.90 Å². The molecule has 0 aromatic heterocycles. The molecule has 2 nitrogen and oxygen atoms in total. The zero-order chi connectivity index (χ0) is 9.90. The highest BCUT2D eigenvalue weighted by Crippen LogP contribution is 2.33. The van der Waals surface area contributed by atoms with E-state index in [1.807, 2.05) is 0 Å². The predicted octanol–water partition coefficient (Wildman–Crippen LogP) is 2.99. The molecule has 74 valence electrons. The fourth-order valence-corrected chi connectivity index (χ4v) is 1.72. The smallest absolute Gasteiger partial charge is 0.313 e. The first-order valence-corrected chi connectivity index (χ1v) is 4.98. The number of hydrogen-bond acceptors (Lipinski definition) is 1. The molecule has 0 saturated carbocycles. The molecule has 1 rings (SSSR count). The molecule has 0 heterocycles. The molecule has 0 aromatic carbocycles. The standard InChI is InChI=1S/C11H18O2/c1-11(2,10(12)13)9-7-5-3-4-6-8-9/h7H,3-6,8H2,1-2H3,(H,12,13). The van der Waals surface area contributed by atoms with Crippen LogP contribution in [0.2, 0.25) is 0 Å². The lowest BCUT2D eigenvalue weighted by atomic mass is 9.82. The number of carboxylic acid groups (broad SMARTS) is 1. The van der Waals surface area contributed by atoms with Crippen molar-refractivity contribution in [3.63, 3.8) is 0 Å². The van der Waals surface area contributed by atoms with E-state index in [0.717, 1.165) is 24.8 Å². The van der Waals surface area contributed by atoms with Crippen molar-refractivity contribution in [2.75, 3.05) is 0 Å². The molecular weight excluding hydrogens is 164 g/mol. The first-order valence-electron chi connectivity index (χ1n) is 4.98. The summed E-state index contributed by atoms with van der Waals surface area (Å²) in [5, 5.41) is 9.04. The van der Waals surface area contributed by atoms with Crippen LogP contribution in [-0.2, 0) is 4.79 Å². The zero-order valence-corrected chi connectivity index (χ0v) is 8.47. The fraction of sp³-hybridized carbons (Fsp3) is 0.727. The second-order valence-electron chi connectivity index (χ2n) is 4.26. The molecule has 0 saturated heterocycles. The Labute approximate surface area is 79.6 Å². The molecule has 0 amide bonds. The van der Waals surface area contributed by atoms with Gasteiger partial charge in [-0.05, 0) is 39.5 Å². The Balaban J connectivity index is 2.78. The summed E-state index contributed by atoms with van der Waals surface area (Å²) in [4.78, 5) is 11.0. The van der Waals surface area contributed by atoms with Gasteiger partial charge in [0.1, 0.15) is 0 Å². The number of hydrogen-bond donors (Lipinski definition) is 1. The fourth-order valence-electron chi connectivity index (χ4n) is 1.72. The van der Waals surface area contributed by atoms with Gasteiger partial charge in [0, 0.05) is 0 Å². The SMILES string of the molecule is CC(C)(C(=O)O)C1=CCCCCC1. The van der Waals surface area contributed by atoms with E-state index < -0.39 is 11.4 Å². The number of aliphatic carboxylic acids is 1. The quantitative estimate of drug-likeness (QED) is 0.666. The van der Waals surface area contributed by atoms with Gasteiger partial charge in [-0.2, -0.15) is 0 Å². The van der Waals surface area contributed by atoms with Gasteiger partial charge in [0.05, 0.1) is 5.41 Å². The molecule has 1 aliphatic rings. The van der Waals surface area contributed by atoms with E-state index in [1.165, 1.54) is 12.8 Å². The average Bonchev–Trinajstić information content (AvgIpc) is 2.31. The van der Waals surface area contributed by atoms with Crippen molar-refractivity contribution in [2.45, 2.75) is 46.0 Å². The summed E-state index contributed by atoms with van der Waals surface area (Å²) < 4.78 is 0. The molecule has 2 heteroatoms. The summed E-state index contributed by atoms with van der Waals surface area (Å²) in [5.41, 5.74) is 0.446. The van der Waals surface area contributed by atoms with E-state index in [2.05, 4.69) is 6.08 Å². The van der Waals surface area contributed by atoms with E-state index in [0.29, 0.717) is 0 Å². The molecule has 0 atom stereocenters. The maximum Gasteiger partial charge on any atom is 0.313 e. The second-order valence-corrected chi connectivity index (χ2v) is 4.26. The molecule has 0 radical (unpaired) electrons. The number of rotatable bonds is 2. The van der Waals surface area contributed by atoms with Crippen LogP contribution < -0.4 is 0 Å². The van der Waals surface area contributed by atoms with Crippen LogP contribution in [0.4, 0.5) is 0 Å². The van der Waals surface area contributed by atoms with Gasteiger partial charge >= 0.3 is 5.97 Å². The van der Waals surface area contributed by atoms with Crippen molar-refractivity contribution in [3.05, 3.63) is 11.6 Å². The molecule has 0 fully saturated rings. The van der Waals surface area contributed by atoms with Crippen LogP contribution in [-0.4, -0.2) is 11.1 Å². The molecule has 13 heavy (non-hydrogen) atoms. The maximum atomic E-state index is 11.0. The summed E-state index contributed by atoms with van der Waals surface area (Å²) >= 11 is 0. The van der Waals surface area contributed by atoms with Gasteiger partial charge in [-0.1, -0.05) is 18.1 Å². The predicted molar refractivity (Wildman–Crippen MR) is 52.6 cm³/mol. The summed E-state index contributed by atoms with van der Waals surface area (Å²) in [6.45, 7) is 3.60. The zero-order valence-electron chi connectivity index (χ0n) is 8.47. The lowest BCUT2D eigenvalue weighted by molar-refractivity contribution is -0.144. The molecule has 0 bridgehead atoms. The van der Waals surface area contributed by atoms with Crippen molar-refractivity contribution in [3.8, 4) is 0 Å². The Hall–Kier alpha value is -0.790. The minimum absolute atomic E-state index is 0.662. The van der Waals surface area contributed by atoms with Crippen molar-refractivity contribution in [2.24, 2.45) is 5.41 Å². The van der Waals surface area contributed by atoms with Gasteiger partial charge in [-0.25, -0.2) is 0 Å². The van der Waals surface area contributed by atoms with Crippen molar-refractivity contribution >= 4 is 5.97 Å². The van der Waals surface area contributed by atoms with Gasteiger partial charge in [0.15, 0.2) is 0 Å². The summed E-state index contributed by atoms with van der Waals surface area (Å²) in [7, 11) is 0. The van der Waals surface area contributed by atoms with Crippen LogP contribution in [0.25, 0.3) is 0 Å². The molecule has 0 spiro atoms. The van der Waals surface area contributed by atoms with Crippen molar-refractivity contribution in [1.29, 1.82) is 0 Å². The van der Waals surface area contributed by atoms with Crippen LogP contribution in [0.5, 0.6) is 0 Å². The van der Waals surface area contributed by atoms with Crippen LogP contribution in [0.3, 0.4) is 0 Å². The maximum absolute atomic E-state index is 11.0. The van der Waals surface area contributed by atoms with Gasteiger partial charge < -0.3 is 5.11 Å². The Bertz CT molecular complexity index is 226. The van der Waals surface area contributed by atoms with Crippen LogP contribution >= 0.6 is 0 Å². The lowest BCUT2D eigenvalue weighted by Gasteiger charge is -2.22. The molecule has 1 N–H and O–H groups in total. The second kappa shape index (κ2) is 3.95. The summed E-state index contributed by atoms with van der Waals surface area (Å²) in [6.07, 6.45) is 7.71. The van der Waals surface area contributed by atoms with E-state index in [4.69, 9.17) is 5.11 Å². The van der Waals surface area contributed by atoms with Crippen LogP contribution in [0, 0.1) is 5.41 Å². The molecule has 0 aliphatic heterocycles. The third kappa shape index (κ3) is 2.33. The Morgan fingerprint density at radius 1 is 1.38 bits per heavy atom. The lowest BCUT2D eigenvalue weighted by Crippen LogP contribution is -2.26. The third-order valence-corrected chi connectivity index (χ3v) is 2.88. The topological polar surface area (TPSA) is 37.3 Å². The van der Waals surface area contributed by atoms with E-state index in [-0.39, 0.29) is 0 Å². The largest absolute Gasteiger partial charge is 0.481 e. The first kappa shape index (κ1) is 10.3. The minimum Gasteiger partial charge on any atom is -0.481 e. The van der Waals surface area contributed by atoms with Crippen LogP contribution in [0.1, 0.15) is 46.0 Å². The van der Waals surface area contributed by atoms with E-state index in [9.17, 15) is 4.79 Å². The van der Waals surface area contributed by atoms with Gasteiger partial charge in [-0.3, -0.25) is 4.79 Å². The molecule has 1 aliphatic carbocycles. The minimum atomic E-state index is -0.708. The summed E-state index contributed by atoms with van der Waals surface area (Å²) in [6, 6.07) is 0. The third-order valence-electron chi connectivity index (χ3n) is 2.88. The molecule has 0 aromatic rings. The number of carbonyl (C=O) groups is 1.